The highest BCUT2D eigenvalue weighted by Crippen LogP contribution is 2.38. The molecule has 2 aromatic carbocycles. The first-order valence-electron chi connectivity index (χ1n) is 9.39. The highest BCUT2D eigenvalue weighted by atomic mass is 16.5. The Bertz CT molecular complexity index is 1040. The third kappa shape index (κ3) is 4.66. The van der Waals surface area contributed by atoms with Crippen molar-refractivity contribution in [2.75, 3.05) is 35.5 Å². The number of amides is 1. The molecular formula is C22H25N3O6. The molecule has 0 fully saturated rings. The smallest absolute Gasteiger partial charge is 0.269 e. The molecule has 2 N–H and O–H groups in total. The monoisotopic (exact) mass is 427 g/mol. The number of ether oxygens (including phenoxy) is 5. The van der Waals surface area contributed by atoms with Crippen molar-refractivity contribution in [2.24, 2.45) is 0 Å². The fourth-order valence-electron chi connectivity index (χ4n) is 3.11. The first-order valence-corrected chi connectivity index (χ1v) is 9.39. The lowest BCUT2D eigenvalue weighted by molar-refractivity contribution is 0.0946. The Labute approximate surface area is 180 Å². The zero-order valence-electron chi connectivity index (χ0n) is 18.1. The third-order valence-electron chi connectivity index (χ3n) is 4.68. The zero-order chi connectivity index (χ0) is 22.4. The summed E-state index contributed by atoms with van der Waals surface area (Å²) < 4.78 is 26.7. The van der Waals surface area contributed by atoms with Crippen LogP contribution >= 0.6 is 0 Å². The summed E-state index contributed by atoms with van der Waals surface area (Å²) in [5.41, 5.74) is 2.37. The van der Waals surface area contributed by atoms with Crippen LogP contribution in [-0.2, 0) is 6.54 Å². The van der Waals surface area contributed by atoms with E-state index < -0.39 is 0 Å². The number of aromatic amines is 1. The maximum atomic E-state index is 12.6. The molecule has 0 unspecified atom stereocenters. The van der Waals surface area contributed by atoms with Crippen LogP contribution in [0.3, 0.4) is 0 Å². The predicted molar refractivity (Wildman–Crippen MR) is 114 cm³/mol. The van der Waals surface area contributed by atoms with Gasteiger partial charge in [-0.1, -0.05) is 0 Å². The molecule has 1 aromatic heterocycles. The van der Waals surface area contributed by atoms with Crippen molar-refractivity contribution in [2.45, 2.75) is 6.54 Å². The van der Waals surface area contributed by atoms with Crippen LogP contribution in [0.1, 0.15) is 16.1 Å². The topological polar surface area (TPSA) is 104 Å². The van der Waals surface area contributed by atoms with Gasteiger partial charge in [0.1, 0.15) is 17.2 Å². The van der Waals surface area contributed by atoms with Gasteiger partial charge in [-0.05, 0) is 42.0 Å². The molecule has 0 radical (unpaired) electrons. The first-order chi connectivity index (χ1) is 15.0. The molecule has 1 heterocycles. The standard InChI is InChI=1S/C22H25N3O6/c1-27-14-6-7-18(28-2)15(10-14)16-11-17(25-24-16)22(26)23-12-13-8-19(29-3)21(31-5)20(9-13)30-4/h6-11H,12H2,1-5H3,(H,23,26)(H,24,25). The number of hydrogen-bond donors (Lipinski definition) is 2. The van der Waals surface area contributed by atoms with Gasteiger partial charge in [-0.15, -0.1) is 0 Å². The molecule has 0 saturated heterocycles. The van der Waals surface area contributed by atoms with Crippen molar-refractivity contribution in [1.29, 1.82) is 0 Å². The van der Waals surface area contributed by atoms with E-state index in [-0.39, 0.29) is 12.5 Å². The van der Waals surface area contributed by atoms with Crippen LogP contribution < -0.4 is 29.0 Å². The molecule has 164 valence electrons. The van der Waals surface area contributed by atoms with E-state index in [9.17, 15) is 4.79 Å². The van der Waals surface area contributed by atoms with Crippen molar-refractivity contribution >= 4 is 5.91 Å². The van der Waals surface area contributed by atoms with E-state index in [4.69, 9.17) is 23.7 Å². The lowest BCUT2D eigenvalue weighted by Gasteiger charge is -2.14. The summed E-state index contributed by atoms with van der Waals surface area (Å²) in [6.07, 6.45) is 0. The summed E-state index contributed by atoms with van der Waals surface area (Å²) in [6, 6.07) is 10.6. The molecule has 31 heavy (non-hydrogen) atoms. The third-order valence-corrected chi connectivity index (χ3v) is 4.68. The van der Waals surface area contributed by atoms with Crippen LogP contribution in [0.15, 0.2) is 36.4 Å². The van der Waals surface area contributed by atoms with E-state index in [0.29, 0.717) is 45.7 Å². The minimum Gasteiger partial charge on any atom is -0.497 e. The molecular weight excluding hydrogens is 402 g/mol. The van der Waals surface area contributed by atoms with Gasteiger partial charge >= 0.3 is 0 Å². The summed E-state index contributed by atoms with van der Waals surface area (Å²) in [5, 5.41) is 9.86. The number of carbonyl (C=O) groups excluding carboxylic acids is 1. The summed E-state index contributed by atoms with van der Waals surface area (Å²) in [7, 11) is 7.77. The number of aromatic nitrogens is 2. The Morgan fingerprint density at radius 1 is 0.871 bits per heavy atom. The number of nitrogens with one attached hydrogen (secondary N) is 2. The van der Waals surface area contributed by atoms with E-state index in [1.807, 2.05) is 0 Å². The average Bonchev–Trinajstić information content (AvgIpc) is 3.31. The molecule has 0 aliphatic carbocycles. The minimum atomic E-state index is -0.311. The number of hydrogen-bond acceptors (Lipinski definition) is 7. The van der Waals surface area contributed by atoms with Crippen molar-refractivity contribution < 1.29 is 28.5 Å². The molecule has 0 bridgehead atoms. The molecule has 0 atom stereocenters. The summed E-state index contributed by atoms with van der Waals surface area (Å²) in [4.78, 5) is 12.6. The van der Waals surface area contributed by atoms with Crippen molar-refractivity contribution in [3.8, 4) is 40.0 Å². The number of methoxy groups -OCH3 is 5. The Kier molecular flexibility index (Phi) is 6.86. The van der Waals surface area contributed by atoms with Gasteiger partial charge in [0.15, 0.2) is 11.5 Å². The van der Waals surface area contributed by atoms with Crippen molar-refractivity contribution in [1.82, 2.24) is 15.5 Å². The molecule has 3 aromatic rings. The van der Waals surface area contributed by atoms with Gasteiger partial charge in [0, 0.05) is 12.1 Å². The number of nitrogens with zero attached hydrogens (tertiary/aromatic N) is 1. The average molecular weight is 427 g/mol. The second kappa shape index (κ2) is 9.75. The Morgan fingerprint density at radius 2 is 1.55 bits per heavy atom. The van der Waals surface area contributed by atoms with Crippen molar-refractivity contribution in [3.05, 3.63) is 47.7 Å². The lowest BCUT2D eigenvalue weighted by Crippen LogP contribution is -2.23. The van der Waals surface area contributed by atoms with Crippen molar-refractivity contribution in [3.63, 3.8) is 0 Å². The fraction of sp³-hybridized carbons (Fsp3) is 0.273. The van der Waals surface area contributed by atoms with E-state index in [1.165, 1.54) is 7.11 Å². The fourth-order valence-corrected chi connectivity index (χ4v) is 3.11. The number of benzene rings is 2. The highest BCUT2D eigenvalue weighted by molar-refractivity contribution is 5.93. The molecule has 3 rings (SSSR count). The first kappa shape index (κ1) is 21.8. The summed E-state index contributed by atoms with van der Waals surface area (Å²) in [5.74, 6) is 2.49. The molecule has 9 heteroatoms. The van der Waals surface area contributed by atoms with Crippen LogP contribution in [0.4, 0.5) is 0 Å². The molecule has 9 nitrogen and oxygen atoms in total. The van der Waals surface area contributed by atoms with Crippen LogP contribution in [0.5, 0.6) is 28.7 Å². The Morgan fingerprint density at radius 3 is 2.13 bits per heavy atom. The van der Waals surface area contributed by atoms with Gasteiger partial charge < -0.3 is 29.0 Å². The summed E-state index contributed by atoms with van der Waals surface area (Å²) in [6.45, 7) is 0.256. The number of rotatable bonds is 9. The van der Waals surface area contributed by atoms with Gasteiger partial charge in [0.25, 0.3) is 5.91 Å². The molecule has 1 amide bonds. The second-order valence-electron chi connectivity index (χ2n) is 6.45. The number of carbonyl (C=O) groups is 1. The zero-order valence-corrected chi connectivity index (χ0v) is 18.1. The van der Waals surface area contributed by atoms with Gasteiger partial charge in [0.2, 0.25) is 5.75 Å². The Hall–Kier alpha value is -3.88. The maximum absolute atomic E-state index is 12.6. The molecule has 0 aliphatic rings. The van der Waals surface area contributed by atoms with Crippen LogP contribution in [0.2, 0.25) is 0 Å². The van der Waals surface area contributed by atoms with Crippen LogP contribution in [0, 0.1) is 0 Å². The van der Waals surface area contributed by atoms with E-state index in [1.54, 1.807) is 64.8 Å². The van der Waals surface area contributed by atoms with Gasteiger partial charge in [-0.25, -0.2) is 0 Å². The van der Waals surface area contributed by atoms with Crippen LogP contribution in [-0.4, -0.2) is 51.7 Å². The van der Waals surface area contributed by atoms with Gasteiger partial charge in [0.05, 0.1) is 41.2 Å². The molecule has 0 saturated carbocycles. The van der Waals surface area contributed by atoms with E-state index in [2.05, 4.69) is 15.5 Å². The normalized spacial score (nSPS) is 10.4. The maximum Gasteiger partial charge on any atom is 0.269 e. The number of H-pyrrole nitrogens is 1. The van der Waals surface area contributed by atoms with E-state index in [0.717, 1.165) is 5.56 Å². The molecule has 0 aliphatic heterocycles. The van der Waals surface area contributed by atoms with Gasteiger partial charge in [-0.2, -0.15) is 5.10 Å². The molecule has 0 spiro atoms. The quantitative estimate of drug-likeness (QED) is 0.541. The second-order valence-corrected chi connectivity index (χ2v) is 6.45. The highest BCUT2D eigenvalue weighted by Gasteiger charge is 2.17. The minimum absolute atomic E-state index is 0.256. The van der Waals surface area contributed by atoms with Crippen LogP contribution in [0.25, 0.3) is 11.3 Å². The Balaban J connectivity index is 1.77. The lowest BCUT2D eigenvalue weighted by atomic mass is 10.1. The summed E-state index contributed by atoms with van der Waals surface area (Å²) >= 11 is 0. The predicted octanol–water partition coefficient (Wildman–Crippen LogP) is 3.05. The van der Waals surface area contributed by atoms with E-state index >= 15 is 0 Å². The SMILES string of the molecule is COc1ccc(OC)c(-c2cc(C(=O)NCc3cc(OC)c(OC)c(OC)c3)[nH]n2)c1. The largest absolute Gasteiger partial charge is 0.497 e. The van der Waals surface area contributed by atoms with Gasteiger partial charge in [-0.3, -0.25) is 9.89 Å².